The summed E-state index contributed by atoms with van der Waals surface area (Å²) in [5.41, 5.74) is 2.51. The molecule has 2 heterocycles. The average molecular weight is 817 g/mol. The minimum Gasteiger partial charge on any atom is -0.405 e. The fourth-order valence-electron chi connectivity index (χ4n) is 9.40. The first-order valence-electron chi connectivity index (χ1n) is 19.9. The van der Waals surface area contributed by atoms with Gasteiger partial charge in [-0.15, -0.1) is 26.3 Å². The number of halogens is 6. The van der Waals surface area contributed by atoms with Gasteiger partial charge in [0, 0.05) is 46.4 Å². The van der Waals surface area contributed by atoms with Crippen LogP contribution in [0, 0.1) is 23.7 Å². The topological polar surface area (TPSA) is 126 Å². The molecule has 0 aliphatic heterocycles. The van der Waals surface area contributed by atoms with Crippen molar-refractivity contribution >= 4 is 5.78 Å². The number of ether oxygens (including phenoxy) is 4. The van der Waals surface area contributed by atoms with Crippen molar-refractivity contribution in [3.8, 4) is 34.0 Å². The lowest BCUT2D eigenvalue weighted by atomic mass is 9.95. The third-order valence-corrected chi connectivity index (χ3v) is 12.5. The fraction of sp³-hybridized carbons (Fsp3) is 0.548. The number of para-hydroxylation sites is 2. The predicted octanol–water partition coefficient (Wildman–Crippen LogP) is 9.80. The summed E-state index contributed by atoms with van der Waals surface area (Å²) in [6.45, 7) is 0.433. The predicted molar refractivity (Wildman–Crippen MR) is 191 cm³/mol. The molecule has 2 aromatic carbocycles. The van der Waals surface area contributed by atoms with Gasteiger partial charge in [0.05, 0.1) is 31.5 Å². The van der Waals surface area contributed by atoms with Gasteiger partial charge in [-0.1, -0.05) is 34.6 Å². The first-order chi connectivity index (χ1) is 27.8. The standard InChI is InChI=1S/C21H22F3NO4.C21H20F3NO4/c2*22-21(23,24)28-17-4-2-1-3-14(17)19-15(20(29-25-19)11-5-6-11)10-27-18-9-12-7-13(18)8-16(12)26/h1-4,11-13,16,18,26H,5-10H2;1-4,11-13,18H,5-10H2/t12-,13-,16+,18-;12-,13-,18-/m00/s1. The molecule has 58 heavy (non-hydrogen) atoms. The zero-order valence-electron chi connectivity index (χ0n) is 31.3. The lowest BCUT2D eigenvalue weighted by molar-refractivity contribution is -0.275. The second kappa shape index (κ2) is 15.3. The van der Waals surface area contributed by atoms with E-state index in [0.717, 1.165) is 57.8 Å². The number of ketones is 1. The number of rotatable bonds is 12. The van der Waals surface area contributed by atoms with E-state index in [4.69, 9.17) is 18.5 Å². The number of hydrogen-bond acceptors (Lipinski definition) is 10. The zero-order valence-corrected chi connectivity index (χ0v) is 31.3. The number of benzene rings is 2. The van der Waals surface area contributed by atoms with Crippen molar-refractivity contribution in [2.24, 2.45) is 23.7 Å². The minimum atomic E-state index is -4.80. The van der Waals surface area contributed by atoms with Crippen molar-refractivity contribution in [1.82, 2.24) is 10.3 Å². The molecule has 6 aliphatic carbocycles. The maximum Gasteiger partial charge on any atom is 0.573 e. The molecule has 0 amide bonds. The maximum absolute atomic E-state index is 12.8. The molecule has 10 nitrogen and oxygen atoms in total. The molecule has 6 saturated carbocycles. The van der Waals surface area contributed by atoms with Crippen molar-refractivity contribution < 1.29 is 64.2 Å². The van der Waals surface area contributed by atoms with Gasteiger partial charge in [0.15, 0.2) is 0 Å². The Morgan fingerprint density at radius 1 is 0.621 bits per heavy atom. The van der Waals surface area contributed by atoms with Crippen LogP contribution in [0.1, 0.15) is 98.7 Å². The second-order valence-corrected chi connectivity index (χ2v) is 16.5. The van der Waals surface area contributed by atoms with E-state index in [9.17, 15) is 36.2 Å². The number of nitrogens with zero attached hydrogens (tertiary/aromatic N) is 2. The first-order valence-corrected chi connectivity index (χ1v) is 19.9. The second-order valence-electron chi connectivity index (χ2n) is 16.5. The van der Waals surface area contributed by atoms with Crippen LogP contribution >= 0.6 is 0 Å². The Labute approximate surface area is 329 Å². The first kappa shape index (κ1) is 39.1. The molecule has 310 valence electrons. The molecular weight excluding hydrogens is 774 g/mol. The SMILES string of the molecule is O=C1C[C@@H]2C[C@H]1C[C@@H]2OCc1c(-c2ccccc2OC(F)(F)F)noc1C1CC1.O[C@@H]1C[C@@H]2C[C@H]1C[C@@H]2OCc1c(-c2ccccc2OC(F)(F)F)noc1C1CC1. The van der Waals surface area contributed by atoms with Gasteiger partial charge in [-0.25, -0.2) is 0 Å². The molecule has 1 N–H and O–H groups in total. The van der Waals surface area contributed by atoms with Gasteiger partial charge in [0.1, 0.15) is 40.2 Å². The summed E-state index contributed by atoms with van der Waals surface area (Å²) in [4.78, 5) is 11.8. The van der Waals surface area contributed by atoms with Gasteiger partial charge in [0.25, 0.3) is 0 Å². The summed E-state index contributed by atoms with van der Waals surface area (Å²) in [6.07, 6.45) is -1.21. The molecule has 2 aromatic heterocycles. The Bertz CT molecular complexity index is 2120. The van der Waals surface area contributed by atoms with Crippen LogP contribution in [0.4, 0.5) is 26.3 Å². The lowest BCUT2D eigenvalue weighted by Gasteiger charge is -2.25. The molecule has 0 unspecified atom stereocenters. The highest BCUT2D eigenvalue weighted by Crippen LogP contribution is 2.50. The number of aliphatic hydroxyl groups is 1. The van der Waals surface area contributed by atoms with Crippen LogP contribution in [-0.4, -0.2) is 52.2 Å². The Morgan fingerprint density at radius 3 is 1.52 bits per heavy atom. The van der Waals surface area contributed by atoms with Crippen molar-refractivity contribution in [3.05, 3.63) is 71.2 Å². The van der Waals surface area contributed by atoms with Gasteiger partial charge in [-0.3, -0.25) is 4.79 Å². The Morgan fingerprint density at radius 2 is 1.12 bits per heavy atom. The summed E-state index contributed by atoms with van der Waals surface area (Å²) in [6, 6.07) is 11.9. The molecule has 6 aliphatic rings. The van der Waals surface area contributed by atoms with Crippen LogP contribution in [0.25, 0.3) is 22.5 Å². The van der Waals surface area contributed by atoms with Crippen LogP contribution in [-0.2, 0) is 27.5 Å². The summed E-state index contributed by atoms with van der Waals surface area (Å²) in [5.74, 6) is 2.50. The van der Waals surface area contributed by atoms with Crippen molar-refractivity contribution in [2.75, 3.05) is 0 Å². The van der Waals surface area contributed by atoms with E-state index >= 15 is 0 Å². The summed E-state index contributed by atoms with van der Waals surface area (Å²) in [5, 5.41) is 18.1. The molecule has 7 atom stereocenters. The summed E-state index contributed by atoms with van der Waals surface area (Å²) >= 11 is 0. The van der Waals surface area contributed by atoms with Gasteiger partial charge < -0.3 is 33.1 Å². The number of Topliss-reactive ketones (excluding diaryl/α,β-unsaturated/α-hetero) is 1. The number of aliphatic hydroxyl groups excluding tert-OH is 1. The number of fused-ring (bicyclic) bond motifs is 4. The van der Waals surface area contributed by atoms with E-state index in [2.05, 4.69) is 19.8 Å². The largest absolute Gasteiger partial charge is 0.573 e. The molecule has 0 radical (unpaired) electrons. The van der Waals surface area contributed by atoms with Crippen molar-refractivity contribution in [2.45, 2.75) is 120 Å². The smallest absolute Gasteiger partial charge is 0.405 e. The van der Waals surface area contributed by atoms with Crippen LogP contribution in [0.2, 0.25) is 0 Å². The highest BCUT2D eigenvalue weighted by molar-refractivity contribution is 5.84. The Kier molecular flexibility index (Phi) is 10.3. The van der Waals surface area contributed by atoms with Crippen LogP contribution in [0.5, 0.6) is 11.5 Å². The molecular formula is C42H42F6N2O8. The molecule has 4 aromatic rings. The van der Waals surface area contributed by atoms with E-state index in [1.165, 1.54) is 30.3 Å². The van der Waals surface area contributed by atoms with Crippen molar-refractivity contribution in [3.63, 3.8) is 0 Å². The molecule has 6 fully saturated rings. The Balaban J connectivity index is 0.000000150. The van der Waals surface area contributed by atoms with Gasteiger partial charge in [0.2, 0.25) is 0 Å². The molecule has 4 bridgehead atoms. The lowest BCUT2D eigenvalue weighted by Crippen LogP contribution is -2.27. The average Bonchev–Trinajstić information content (AvgIpc) is 3.87. The van der Waals surface area contributed by atoms with Gasteiger partial charge in [-0.2, -0.15) is 0 Å². The van der Waals surface area contributed by atoms with E-state index in [1.54, 1.807) is 18.2 Å². The number of hydrogen-bond donors (Lipinski definition) is 1. The third-order valence-electron chi connectivity index (χ3n) is 12.5. The van der Waals surface area contributed by atoms with E-state index in [1.807, 2.05) is 0 Å². The number of alkyl halides is 6. The minimum absolute atomic E-state index is 0.00540. The number of aromatic nitrogens is 2. The van der Waals surface area contributed by atoms with Crippen LogP contribution in [0.3, 0.4) is 0 Å². The molecule has 16 heteroatoms. The zero-order chi connectivity index (χ0) is 40.3. The van der Waals surface area contributed by atoms with Crippen LogP contribution in [0.15, 0.2) is 57.6 Å². The summed E-state index contributed by atoms with van der Waals surface area (Å²) < 4.78 is 109. The van der Waals surface area contributed by atoms with E-state index < -0.39 is 12.7 Å². The Hall–Kier alpha value is -4.41. The quantitative estimate of drug-likeness (QED) is 0.138. The number of carbonyl (C=O) groups excluding carboxylic acids is 1. The summed E-state index contributed by atoms with van der Waals surface area (Å²) in [7, 11) is 0. The van der Waals surface area contributed by atoms with E-state index in [0.29, 0.717) is 52.2 Å². The maximum atomic E-state index is 12.8. The fourth-order valence-corrected chi connectivity index (χ4v) is 9.40. The van der Waals surface area contributed by atoms with E-state index in [-0.39, 0.29) is 83.7 Å². The normalized spacial score (nSPS) is 27.6. The van der Waals surface area contributed by atoms with Crippen molar-refractivity contribution in [1.29, 1.82) is 0 Å². The molecule has 10 rings (SSSR count). The monoisotopic (exact) mass is 816 g/mol. The van der Waals surface area contributed by atoms with Gasteiger partial charge in [-0.05, 0) is 99.8 Å². The highest BCUT2D eigenvalue weighted by atomic mass is 19.4. The molecule has 0 saturated heterocycles. The number of carbonyl (C=O) groups is 1. The third kappa shape index (κ3) is 8.37. The van der Waals surface area contributed by atoms with Crippen LogP contribution < -0.4 is 9.47 Å². The highest BCUT2D eigenvalue weighted by Gasteiger charge is 2.47. The van der Waals surface area contributed by atoms with Gasteiger partial charge >= 0.3 is 12.7 Å². The molecule has 0 spiro atoms.